The second-order valence-electron chi connectivity index (χ2n) is 1.98. The Morgan fingerprint density at radius 2 is 1.89 bits per heavy atom. The summed E-state index contributed by atoms with van der Waals surface area (Å²) >= 11 is 0. The molecule has 0 spiro atoms. The summed E-state index contributed by atoms with van der Waals surface area (Å²) in [6.45, 7) is 1.64. The Labute approximate surface area is 97.8 Å². The quantitative estimate of drug-likeness (QED) is 0.555. The molecule has 0 aromatic carbocycles. The summed E-state index contributed by atoms with van der Waals surface area (Å²) in [4.78, 5) is 11.7. The summed E-state index contributed by atoms with van der Waals surface area (Å²) in [6, 6.07) is -0.380. The molecule has 3 nitrogen and oxygen atoms in total. The fourth-order valence-corrected chi connectivity index (χ4v) is 0.221. The predicted molar refractivity (Wildman–Crippen MR) is 36.5 cm³/mol. The number of aliphatic carboxylic acids is 1. The molecule has 1 atom stereocenters. The van der Waals surface area contributed by atoms with Crippen molar-refractivity contribution < 1.29 is 9.90 Å². The predicted octanol–water partition coefficient (Wildman–Crippen LogP) is -0.360. The van der Waals surface area contributed by atoms with E-state index in [4.69, 9.17) is 5.11 Å². The van der Waals surface area contributed by atoms with E-state index in [1.807, 2.05) is 0 Å². The maximum Gasteiger partial charge on any atom is 0.320 e. The number of carbonyl (C=O) groups is 1. The molecule has 0 aromatic heterocycles. The fraction of sp³-hybridized carbons (Fsp3) is 0.800. The van der Waals surface area contributed by atoms with E-state index in [1.165, 1.54) is 0 Å². The van der Waals surface area contributed by atoms with Gasteiger partial charge in [0.05, 0.1) is 0 Å². The van der Waals surface area contributed by atoms with Crippen LogP contribution in [-0.4, -0.2) is 87.5 Å². The van der Waals surface area contributed by atoms with E-state index in [2.05, 4.69) is 0 Å². The SMILES string of the molecule is CC(C(=O)O)N(C)C.[K]. The summed E-state index contributed by atoms with van der Waals surface area (Å²) in [5.74, 6) is -0.782. The summed E-state index contributed by atoms with van der Waals surface area (Å²) in [5, 5.41) is 8.31. The molecule has 0 aliphatic carbocycles. The van der Waals surface area contributed by atoms with Crippen LogP contribution in [0.4, 0.5) is 0 Å². The molecule has 1 N–H and O–H groups in total. The number of hydrogen-bond acceptors (Lipinski definition) is 2. The van der Waals surface area contributed by atoms with Crippen LogP contribution in [0.2, 0.25) is 0 Å². The van der Waals surface area contributed by atoms with E-state index >= 15 is 0 Å². The van der Waals surface area contributed by atoms with Gasteiger partial charge in [-0.05, 0) is 21.0 Å². The zero-order valence-electron chi connectivity index (χ0n) is 6.38. The summed E-state index contributed by atoms with van der Waals surface area (Å²) < 4.78 is 0. The van der Waals surface area contributed by atoms with Gasteiger partial charge in [0.25, 0.3) is 0 Å². The topological polar surface area (TPSA) is 40.5 Å². The Kier molecular flexibility index (Phi) is 8.23. The molecular weight excluding hydrogens is 145 g/mol. The molecule has 9 heavy (non-hydrogen) atoms. The van der Waals surface area contributed by atoms with Crippen LogP contribution in [0, 0.1) is 0 Å². The van der Waals surface area contributed by atoms with Crippen molar-refractivity contribution in [3.63, 3.8) is 0 Å². The molecule has 4 heteroatoms. The van der Waals surface area contributed by atoms with Crippen molar-refractivity contribution in [1.82, 2.24) is 4.90 Å². The van der Waals surface area contributed by atoms with Crippen LogP contribution in [0.25, 0.3) is 0 Å². The normalized spacial score (nSPS) is 12.4. The van der Waals surface area contributed by atoms with Crippen molar-refractivity contribution in [1.29, 1.82) is 0 Å². The largest absolute Gasteiger partial charge is 0.480 e. The minimum Gasteiger partial charge on any atom is -0.480 e. The molecule has 0 rings (SSSR count). The maximum absolute atomic E-state index is 10.1. The molecule has 0 fully saturated rings. The number of rotatable bonds is 2. The average Bonchev–Trinajstić information content (AvgIpc) is 1.64. The fourth-order valence-electron chi connectivity index (χ4n) is 0.221. The number of carboxylic acid groups (broad SMARTS) is 1. The number of likely N-dealkylation sites (N-methyl/N-ethyl adjacent to an activating group) is 1. The monoisotopic (exact) mass is 156 g/mol. The number of carboxylic acids is 1. The maximum atomic E-state index is 10.1. The van der Waals surface area contributed by atoms with Crippen LogP contribution < -0.4 is 0 Å². The van der Waals surface area contributed by atoms with Crippen molar-refractivity contribution in [2.45, 2.75) is 13.0 Å². The Balaban J connectivity index is 0. The second-order valence-corrected chi connectivity index (χ2v) is 1.98. The minimum atomic E-state index is -0.782. The van der Waals surface area contributed by atoms with Crippen LogP contribution in [-0.2, 0) is 4.79 Å². The molecule has 0 bridgehead atoms. The van der Waals surface area contributed by atoms with E-state index in [-0.39, 0.29) is 57.4 Å². The Bertz CT molecular complexity index is 95.0. The zero-order valence-corrected chi connectivity index (χ0v) is 9.50. The van der Waals surface area contributed by atoms with Gasteiger partial charge in [-0.15, -0.1) is 0 Å². The van der Waals surface area contributed by atoms with Gasteiger partial charge in [-0.25, -0.2) is 0 Å². The van der Waals surface area contributed by atoms with Crippen molar-refractivity contribution >= 4 is 57.4 Å². The van der Waals surface area contributed by atoms with E-state index < -0.39 is 5.97 Å². The molecule has 1 unspecified atom stereocenters. The van der Waals surface area contributed by atoms with Crippen molar-refractivity contribution in [3.05, 3.63) is 0 Å². The summed E-state index contributed by atoms with van der Waals surface area (Å²) in [6.07, 6.45) is 0. The van der Waals surface area contributed by atoms with Crippen LogP contribution >= 0.6 is 0 Å². The van der Waals surface area contributed by atoms with E-state index in [0.29, 0.717) is 0 Å². The van der Waals surface area contributed by atoms with Gasteiger partial charge >= 0.3 is 5.97 Å². The third-order valence-electron chi connectivity index (χ3n) is 1.13. The van der Waals surface area contributed by atoms with Gasteiger partial charge < -0.3 is 5.11 Å². The van der Waals surface area contributed by atoms with Crippen LogP contribution in [0.1, 0.15) is 6.92 Å². The van der Waals surface area contributed by atoms with E-state index in [9.17, 15) is 4.79 Å². The van der Waals surface area contributed by atoms with Gasteiger partial charge in [0.1, 0.15) is 6.04 Å². The average molecular weight is 156 g/mol. The molecule has 0 aliphatic rings. The van der Waals surface area contributed by atoms with Crippen molar-refractivity contribution in [2.75, 3.05) is 14.1 Å². The van der Waals surface area contributed by atoms with Gasteiger partial charge in [-0.3, -0.25) is 9.69 Å². The van der Waals surface area contributed by atoms with Gasteiger partial charge in [0.15, 0.2) is 0 Å². The first-order valence-corrected chi connectivity index (χ1v) is 2.45. The molecule has 0 aliphatic heterocycles. The first-order chi connectivity index (χ1) is 3.55. The van der Waals surface area contributed by atoms with E-state index in [0.717, 1.165) is 0 Å². The molecule has 0 aromatic rings. The van der Waals surface area contributed by atoms with Crippen molar-refractivity contribution in [3.8, 4) is 0 Å². The summed E-state index contributed by atoms with van der Waals surface area (Å²) in [5.41, 5.74) is 0. The Morgan fingerprint density at radius 1 is 1.56 bits per heavy atom. The van der Waals surface area contributed by atoms with Crippen LogP contribution in [0.15, 0.2) is 0 Å². The second kappa shape index (κ2) is 5.82. The van der Waals surface area contributed by atoms with Gasteiger partial charge in [-0.1, -0.05) is 0 Å². The molecule has 49 valence electrons. The molecular formula is C5H11KNO2. The summed E-state index contributed by atoms with van der Waals surface area (Å²) in [7, 11) is 3.47. The number of hydrogen-bond donors (Lipinski definition) is 1. The van der Waals surface area contributed by atoms with Crippen molar-refractivity contribution in [2.24, 2.45) is 0 Å². The Morgan fingerprint density at radius 3 is 1.89 bits per heavy atom. The first-order valence-electron chi connectivity index (χ1n) is 2.45. The molecule has 0 saturated carbocycles. The molecule has 0 heterocycles. The third-order valence-corrected chi connectivity index (χ3v) is 1.13. The smallest absolute Gasteiger partial charge is 0.320 e. The van der Waals surface area contributed by atoms with Gasteiger partial charge in [-0.2, -0.15) is 0 Å². The Hall–Kier alpha value is 1.07. The molecule has 0 saturated heterocycles. The number of nitrogens with zero attached hydrogens (tertiary/aromatic N) is 1. The van der Waals surface area contributed by atoms with E-state index in [1.54, 1.807) is 25.9 Å². The molecule has 0 amide bonds. The zero-order chi connectivity index (χ0) is 6.73. The minimum absolute atomic E-state index is 0. The van der Waals surface area contributed by atoms with Crippen LogP contribution in [0.3, 0.4) is 0 Å². The first kappa shape index (κ1) is 12.7. The third kappa shape index (κ3) is 5.51. The van der Waals surface area contributed by atoms with Gasteiger partial charge in [0, 0.05) is 51.4 Å². The van der Waals surface area contributed by atoms with Crippen LogP contribution in [0.5, 0.6) is 0 Å². The standard InChI is InChI=1S/C5H11NO2.K/c1-4(5(7)8)6(2)3;/h4H,1-3H3,(H,7,8);. The molecule has 1 radical (unpaired) electrons. The van der Waals surface area contributed by atoms with Gasteiger partial charge in [0.2, 0.25) is 0 Å².